The minimum atomic E-state index is -0.169. The van der Waals surface area contributed by atoms with E-state index < -0.39 is 0 Å². The highest BCUT2D eigenvalue weighted by atomic mass is 16.1. The van der Waals surface area contributed by atoms with E-state index in [2.05, 4.69) is 11.8 Å². The van der Waals surface area contributed by atoms with E-state index in [1.807, 2.05) is 13.8 Å². The van der Waals surface area contributed by atoms with Gasteiger partial charge in [0.1, 0.15) is 6.29 Å². The Kier molecular flexibility index (Phi) is 4.78. The Hall–Kier alpha value is -0.370. The Bertz CT molecular complexity index is 193. The second kappa shape index (κ2) is 5.64. The zero-order valence-corrected chi connectivity index (χ0v) is 10.5. The summed E-state index contributed by atoms with van der Waals surface area (Å²) in [7, 11) is 0. The first kappa shape index (κ1) is 12.7. The number of piperidine rings is 1. The minimum Gasteiger partial charge on any atom is -0.303 e. The molecule has 15 heavy (non-hydrogen) atoms. The van der Waals surface area contributed by atoms with Gasteiger partial charge in [-0.2, -0.15) is 0 Å². The van der Waals surface area contributed by atoms with Gasteiger partial charge >= 0.3 is 0 Å². The van der Waals surface area contributed by atoms with Gasteiger partial charge in [0.05, 0.1) is 0 Å². The van der Waals surface area contributed by atoms with Crippen molar-refractivity contribution in [2.45, 2.75) is 46.5 Å². The van der Waals surface area contributed by atoms with Crippen LogP contribution in [0.1, 0.15) is 46.5 Å². The first-order valence-electron chi connectivity index (χ1n) is 6.26. The lowest BCUT2D eigenvalue weighted by Gasteiger charge is -2.35. The van der Waals surface area contributed by atoms with E-state index in [1.165, 1.54) is 38.8 Å². The molecule has 0 aromatic heterocycles. The summed E-state index contributed by atoms with van der Waals surface area (Å²) in [6.45, 7) is 9.61. The molecule has 0 N–H and O–H groups in total. The lowest BCUT2D eigenvalue weighted by molar-refractivity contribution is -0.115. The van der Waals surface area contributed by atoms with Crippen LogP contribution in [0.25, 0.3) is 0 Å². The standard InChI is InChI=1S/C13H25NO/c1-4-5-12-6-8-14(9-7-12)10-13(2,3)11-15/h11-12H,4-10H2,1-3H3. The van der Waals surface area contributed by atoms with Gasteiger partial charge in [-0.1, -0.05) is 33.6 Å². The van der Waals surface area contributed by atoms with E-state index in [9.17, 15) is 4.79 Å². The number of rotatable bonds is 5. The van der Waals surface area contributed by atoms with Crippen LogP contribution >= 0.6 is 0 Å². The third-order valence-electron chi connectivity index (χ3n) is 3.35. The number of aldehydes is 1. The molecule has 1 fully saturated rings. The van der Waals surface area contributed by atoms with Gasteiger partial charge < -0.3 is 9.69 Å². The van der Waals surface area contributed by atoms with E-state index in [4.69, 9.17) is 0 Å². The summed E-state index contributed by atoms with van der Waals surface area (Å²) < 4.78 is 0. The van der Waals surface area contributed by atoms with Crippen LogP contribution in [0.5, 0.6) is 0 Å². The molecule has 0 unspecified atom stereocenters. The smallest absolute Gasteiger partial charge is 0.126 e. The van der Waals surface area contributed by atoms with Crippen molar-refractivity contribution in [3.05, 3.63) is 0 Å². The van der Waals surface area contributed by atoms with E-state index in [0.29, 0.717) is 0 Å². The molecule has 1 heterocycles. The first-order valence-corrected chi connectivity index (χ1v) is 6.26. The number of carbonyl (C=O) groups excluding carboxylic acids is 1. The number of hydrogen-bond acceptors (Lipinski definition) is 2. The molecular formula is C13H25NO. The van der Waals surface area contributed by atoms with Crippen molar-refractivity contribution in [2.24, 2.45) is 11.3 Å². The summed E-state index contributed by atoms with van der Waals surface area (Å²) in [4.78, 5) is 13.3. The summed E-state index contributed by atoms with van der Waals surface area (Å²) >= 11 is 0. The average molecular weight is 211 g/mol. The summed E-state index contributed by atoms with van der Waals surface area (Å²) in [6.07, 6.45) is 6.42. The first-order chi connectivity index (χ1) is 7.07. The molecule has 0 atom stereocenters. The molecule has 0 amide bonds. The van der Waals surface area contributed by atoms with Crippen LogP contribution < -0.4 is 0 Å². The molecule has 1 aliphatic heterocycles. The highest BCUT2D eigenvalue weighted by Gasteiger charge is 2.24. The quantitative estimate of drug-likeness (QED) is 0.652. The molecule has 0 aromatic carbocycles. The fourth-order valence-electron chi connectivity index (χ4n) is 2.46. The Labute approximate surface area is 94.0 Å². The highest BCUT2D eigenvalue weighted by Crippen LogP contribution is 2.24. The molecule has 1 aliphatic rings. The van der Waals surface area contributed by atoms with Crippen LogP contribution in [0.4, 0.5) is 0 Å². The van der Waals surface area contributed by atoms with Gasteiger partial charge in [-0.05, 0) is 31.8 Å². The van der Waals surface area contributed by atoms with Gasteiger partial charge in [0.25, 0.3) is 0 Å². The summed E-state index contributed by atoms with van der Waals surface area (Å²) in [6, 6.07) is 0. The zero-order chi connectivity index (χ0) is 11.3. The number of carbonyl (C=O) groups is 1. The molecule has 0 aromatic rings. The van der Waals surface area contributed by atoms with Crippen LogP contribution in [-0.2, 0) is 4.79 Å². The van der Waals surface area contributed by atoms with Crippen LogP contribution in [0.2, 0.25) is 0 Å². The normalized spacial score (nSPS) is 20.5. The molecule has 0 aliphatic carbocycles. The lowest BCUT2D eigenvalue weighted by atomic mass is 9.89. The number of nitrogens with zero attached hydrogens (tertiary/aromatic N) is 1. The fraction of sp³-hybridized carbons (Fsp3) is 0.923. The largest absolute Gasteiger partial charge is 0.303 e. The number of likely N-dealkylation sites (tertiary alicyclic amines) is 1. The van der Waals surface area contributed by atoms with Gasteiger partial charge in [0.15, 0.2) is 0 Å². The van der Waals surface area contributed by atoms with E-state index >= 15 is 0 Å². The fourth-order valence-corrected chi connectivity index (χ4v) is 2.46. The maximum absolute atomic E-state index is 10.8. The molecule has 2 heteroatoms. The topological polar surface area (TPSA) is 20.3 Å². The molecule has 0 bridgehead atoms. The molecule has 1 saturated heterocycles. The van der Waals surface area contributed by atoms with Gasteiger partial charge in [-0.15, -0.1) is 0 Å². The van der Waals surface area contributed by atoms with Crippen LogP contribution in [-0.4, -0.2) is 30.8 Å². The second-order valence-corrected chi connectivity index (χ2v) is 5.61. The van der Waals surface area contributed by atoms with Crippen molar-refractivity contribution in [3.8, 4) is 0 Å². The predicted octanol–water partition coefficient (Wildman–Crippen LogP) is 2.72. The maximum atomic E-state index is 10.8. The molecule has 0 radical (unpaired) electrons. The van der Waals surface area contributed by atoms with Crippen molar-refractivity contribution in [1.82, 2.24) is 4.90 Å². The Morgan fingerprint density at radius 1 is 1.33 bits per heavy atom. The molecule has 0 saturated carbocycles. The molecule has 88 valence electrons. The number of hydrogen-bond donors (Lipinski definition) is 0. The van der Waals surface area contributed by atoms with Gasteiger partial charge in [-0.3, -0.25) is 0 Å². The summed E-state index contributed by atoms with van der Waals surface area (Å²) in [5.41, 5.74) is -0.169. The third kappa shape index (κ3) is 4.33. The van der Waals surface area contributed by atoms with Crippen LogP contribution in [0.3, 0.4) is 0 Å². The van der Waals surface area contributed by atoms with Crippen molar-refractivity contribution in [1.29, 1.82) is 0 Å². The van der Waals surface area contributed by atoms with Gasteiger partial charge in [0, 0.05) is 12.0 Å². The van der Waals surface area contributed by atoms with Gasteiger partial charge in [-0.25, -0.2) is 0 Å². The van der Waals surface area contributed by atoms with Crippen molar-refractivity contribution in [2.75, 3.05) is 19.6 Å². The molecule has 2 nitrogen and oxygen atoms in total. The SMILES string of the molecule is CCCC1CCN(CC(C)(C)C=O)CC1. The average Bonchev–Trinajstić information content (AvgIpc) is 2.21. The maximum Gasteiger partial charge on any atom is 0.126 e. The van der Waals surface area contributed by atoms with Crippen molar-refractivity contribution in [3.63, 3.8) is 0 Å². The highest BCUT2D eigenvalue weighted by molar-refractivity contribution is 5.58. The Balaban J connectivity index is 2.28. The van der Waals surface area contributed by atoms with Crippen molar-refractivity contribution >= 4 is 6.29 Å². The molecule has 1 rings (SSSR count). The van der Waals surface area contributed by atoms with E-state index in [0.717, 1.165) is 18.7 Å². The van der Waals surface area contributed by atoms with Gasteiger partial charge in [0.2, 0.25) is 0 Å². The summed E-state index contributed by atoms with van der Waals surface area (Å²) in [5.74, 6) is 0.936. The van der Waals surface area contributed by atoms with Crippen LogP contribution in [0, 0.1) is 11.3 Å². The third-order valence-corrected chi connectivity index (χ3v) is 3.35. The Morgan fingerprint density at radius 2 is 1.93 bits per heavy atom. The van der Waals surface area contributed by atoms with E-state index in [-0.39, 0.29) is 5.41 Å². The summed E-state index contributed by atoms with van der Waals surface area (Å²) in [5, 5.41) is 0. The zero-order valence-electron chi connectivity index (χ0n) is 10.5. The molecular weight excluding hydrogens is 186 g/mol. The van der Waals surface area contributed by atoms with Crippen molar-refractivity contribution < 1.29 is 4.79 Å². The van der Waals surface area contributed by atoms with E-state index in [1.54, 1.807) is 0 Å². The predicted molar refractivity (Wildman–Crippen MR) is 63.9 cm³/mol. The monoisotopic (exact) mass is 211 g/mol. The lowest BCUT2D eigenvalue weighted by Crippen LogP contribution is -2.40. The van der Waals surface area contributed by atoms with Crippen LogP contribution in [0.15, 0.2) is 0 Å². The second-order valence-electron chi connectivity index (χ2n) is 5.61. The minimum absolute atomic E-state index is 0.169. The molecule has 0 spiro atoms. The Morgan fingerprint density at radius 3 is 2.40 bits per heavy atom.